The normalized spacial score (nSPS) is 10.6. The second-order valence-corrected chi connectivity index (χ2v) is 3.17. The number of benzene rings is 1. The van der Waals surface area contributed by atoms with E-state index in [1.54, 1.807) is 0 Å². The molecule has 0 radical (unpaired) electrons. The number of allylic oxidation sites excluding steroid dienone is 2. The molecule has 1 aromatic carbocycles. The van der Waals surface area contributed by atoms with Crippen LogP contribution in [0.3, 0.4) is 0 Å². The van der Waals surface area contributed by atoms with E-state index in [0.29, 0.717) is 6.42 Å². The predicted molar refractivity (Wildman–Crippen MR) is 57.7 cm³/mol. The Balaban J connectivity index is 2.24. The van der Waals surface area contributed by atoms with Crippen LogP contribution in [0.5, 0.6) is 0 Å². The molecule has 0 saturated carbocycles. The second kappa shape index (κ2) is 5.97. The molecule has 0 spiro atoms. The monoisotopic (exact) mass is 189 g/mol. The van der Waals surface area contributed by atoms with Crippen LogP contribution in [0.25, 0.3) is 0 Å². The Kier molecular flexibility index (Phi) is 4.48. The van der Waals surface area contributed by atoms with Crippen LogP contribution in [-0.2, 0) is 11.2 Å². The molecule has 0 heterocycles. The summed E-state index contributed by atoms with van der Waals surface area (Å²) in [6, 6.07) is 10.2. The van der Waals surface area contributed by atoms with Crippen LogP contribution in [0.2, 0.25) is 0 Å². The first-order valence-electron chi connectivity index (χ1n) is 4.76. The molecular weight excluding hydrogens is 174 g/mol. The maximum absolute atomic E-state index is 10.4. The smallest absolute Gasteiger partial charge is 0.217 e. The molecule has 2 heteroatoms. The van der Waals surface area contributed by atoms with Crippen LogP contribution in [0.1, 0.15) is 18.4 Å². The van der Waals surface area contributed by atoms with E-state index in [4.69, 9.17) is 5.73 Å². The summed E-state index contributed by atoms with van der Waals surface area (Å²) in [5.41, 5.74) is 6.29. The summed E-state index contributed by atoms with van der Waals surface area (Å²) in [7, 11) is 0. The second-order valence-electron chi connectivity index (χ2n) is 3.17. The molecule has 0 fully saturated rings. The van der Waals surface area contributed by atoms with Gasteiger partial charge < -0.3 is 5.73 Å². The lowest BCUT2D eigenvalue weighted by molar-refractivity contribution is -0.117. The van der Waals surface area contributed by atoms with Crippen LogP contribution in [0, 0.1) is 0 Å². The fraction of sp³-hybridized carbons (Fsp3) is 0.250. The molecule has 2 nitrogen and oxygen atoms in total. The third-order valence-electron chi connectivity index (χ3n) is 1.92. The lowest BCUT2D eigenvalue weighted by Crippen LogP contribution is -2.08. The van der Waals surface area contributed by atoms with Gasteiger partial charge in [0.1, 0.15) is 0 Å². The number of hydrogen-bond acceptors (Lipinski definition) is 1. The number of carbonyl (C=O) groups is 1. The zero-order valence-corrected chi connectivity index (χ0v) is 8.15. The van der Waals surface area contributed by atoms with Crippen LogP contribution in [0.4, 0.5) is 0 Å². The molecule has 0 atom stereocenters. The summed E-state index contributed by atoms with van der Waals surface area (Å²) in [5, 5.41) is 0. The highest BCUT2D eigenvalue weighted by Gasteiger charge is 1.89. The molecule has 1 aromatic rings. The number of hydrogen-bond donors (Lipinski definition) is 1. The maximum Gasteiger partial charge on any atom is 0.217 e. The summed E-state index contributed by atoms with van der Waals surface area (Å²) >= 11 is 0. The fourth-order valence-electron chi connectivity index (χ4n) is 1.18. The van der Waals surface area contributed by atoms with Gasteiger partial charge in [-0.2, -0.15) is 0 Å². The van der Waals surface area contributed by atoms with Crippen LogP contribution < -0.4 is 5.73 Å². The summed E-state index contributed by atoms with van der Waals surface area (Å²) in [4.78, 5) is 10.4. The molecule has 0 bridgehead atoms. The minimum absolute atomic E-state index is 0.241. The zero-order chi connectivity index (χ0) is 10.2. The zero-order valence-electron chi connectivity index (χ0n) is 8.15. The number of primary amides is 1. The molecule has 1 amide bonds. The van der Waals surface area contributed by atoms with Gasteiger partial charge in [0, 0.05) is 6.42 Å². The van der Waals surface area contributed by atoms with Gasteiger partial charge in [-0.1, -0.05) is 42.5 Å². The van der Waals surface area contributed by atoms with E-state index in [2.05, 4.69) is 18.2 Å². The molecule has 1 rings (SSSR count). The van der Waals surface area contributed by atoms with Crippen molar-refractivity contribution in [2.75, 3.05) is 0 Å². The lowest BCUT2D eigenvalue weighted by atomic mass is 10.1. The molecule has 0 aliphatic carbocycles. The highest BCUT2D eigenvalue weighted by Crippen LogP contribution is 2.00. The van der Waals surface area contributed by atoms with Gasteiger partial charge in [-0.15, -0.1) is 0 Å². The third kappa shape index (κ3) is 4.45. The highest BCUT2D eigenvalue weighted by molar-refractivity contribution is 5.73. The molecule has 0 saturated heterocycles. The minimum atomic E-state index is -0.241. The summed E-state index contributed by atoms with van der Waals surface area (Å²) in [6.07, 6.45) is 6.16. The van der Waals surface area contributed by atoms with Gasteiger partial charge in [-0.05, 0) is 18.4 Å². The maximum atomic E-state index is 10.4. The van der Waals surface area contributed by atoms with Crippen molar-refractivity contribution in [2.45, 2.75) is 19.3 Å². The summed E-state index contributed by atoms with van der Waals surface area (Å²) < 4.78 is 0. The van der Waals surface area contributed by atoms with Crippen molar-refractivity contribution in [1.82, 2.24) is 0 Å². The van der Waals surface area contributed by atoms with E-state index in [1.165, 1.54) is 5.56 Å². The van der Waals surface area contributed by atoms with Crippen molar-refractivity contribution in [2.24, 2.45) is 5.73 Å². The first kappa shape index (κ1) is 10.5. The average molecular weight is 189 g/mol. The first-order valence-corrected chi connectivity index (χ1v) is 4.76. The molecule has 14 heavy (non-hydrogen) atoms. The molecule has 74 valence electrons. The average Bonchev–Trinajstić information content (AvgIpc) is 2.18. The minimum Gasteiger partial charge on any atom is -0.370 e. The molecule has 2 N–H and O–H groups in total. The van der Waals surface area contributed by atoms with Gasteiger partial charge in [0.15, 0.2) is 0 Å². The van der Waals surface area contributed by atoms with E-state index in [-0.39, 0.29) is 5.91 Å². The van der Waals surface area contributed by atoms with E-state index in [9.17, 15) is 4.79 Å². The standard InChI is InChI=1S/C12H15NO/c13-12(14)10-6-2-5-9-11-7-3-1-4-8-11/h1-5,7-8H,6,9-10H2,(H2,13,14)/b5-2+. The largest absolute Gasteiger partial charge is 0.370 e. The SMILES string of the molecule is NC(=O)CC/C=C/Cc1ccccc1. The van der Waals surface area contributed by atoms with Gasteiger partial charge in [-0.3, -0.25) is 4.79 Å². The number of amides is 1. The van der Waals surface area contributed by atoms with Crippen molar-refractivity contribution < 1.29 is 4.79 Å². The Morgan fingerprint density at radius 2 is 1.93 bits per heavy atom. The first-order chi connectivity index (χ1) is 6.79. The van der Waals surface area contributed by atoms with Crippen molar-refractivity contribution in [3.05, 3.63) is 48.0 Å². The lowest BCUT2D eigenvalue weighted by Gasteiger charge is -1.94. The van der Waals surface area contributed by atoms with Gasteiger partial charge in [-0.25, -0.2) is 0 Å². The Hall–Kier alpha value is -1.57. The van der Waals surface area contributed by atoms with E-state index >= 15 is 0 Å². The molecular formula is C12H15NO. The summed E-state index contributed by atoms with van der Waals surface area (Å²) in [6.45, 7) is 0. The predicted octanol–water partition coefficient (Wildman–Crippen LogP) is 2.05. The third-order valence-corrected chi connectivity index (χ3v) is 1.92. The Labute approximate surface area is 84.4 Å². The van der Waals surface area contributed by atoms with Gasteiger partial charge in [0.2, 0.25) is 5.91 Å². The molecule has 0 aliphatic rings. The summed E-state index contributed by atoms with van der Waals surface area (Å²) in [5.74, 6) is -0.241. The Morgan fingerprint density at radius 1 is 1.21 bits per heavy atom. The van der Waals surface area contributed by atoms with Crippen LogP contribution in [-0.4, -0.2) is 5.91 Å². The van der Waals surface area contributed by atoms with Gasteiger partial charge in [0.05, 0.1) is 0 Å². The van der Waals surface area contributed by atoms with Crippen molar-refractivity contribution in [3.63, 3.8) is 0 Å². The highest BCUT2D eigenvalue weighted by atomic mass is 16.1. The number of rotatable bonds is 5. The quantitative estimate of drug-likeness (QED) is 0.708. The van der Waals surface area contributed by atoms with Crippen molar-refractivity contribution in [1.29, 1.82) is 0 Å². The Morgan fingerprint density at radius 3 is 2.57 bits per heavy atom. The Bertz CT molecular complexity index is 303. The number of nitrogens with two attached hydrogens (primary N) is 1. The van der Waals surface area contributed by atoms with E-state index < -0.39 is 0 Å². The fourth-order valence-corrected chi connectivity index (χ4v) is 1.18. The van der Waals surface area contributed by atoms with Gasteiger partial charge >= 0.3 is 0 Å². The van der Waals surface area contributed by atoms with Crippen LogP contribution >= 0.6 is 0 Å². The molecule has 0 unspecified atom stereocenters. The van der Waals surface area contributed by atoms with E-state index in [0.717, 1.165) is 12.8 Å². The van der Waals surface area contributed by atoms with Crippen molar-refractivity contribution >= 4 is 5.91 Å². The molecule has 0 aliphatic heterocycles. The van der Waals surface area contributed by atoms with E-state index in [1.807, 2.05) is 24.3 Å². The molecule has 0 aromatic heterocycles. The van der Waals surface area contributed by atoms with Crippen molar-refractivity contribution in [3.8, 4) is 0 Å². The van der Waals surface area contributed by atoms with Crippen LogP contribution in [0.15, 0.2) is 42.5 Å². The number of carbonyl (C=O) groups excluding carboxylic acids is 1. The topological polar surface area (TPSA) is 43.1 Å². The van der Waals surface area contributed by atoms with Gasteiger partial charge in [0.25, 0.3) is 0 Å².